The molecule has 1 N–H and O–H groups in total. The Hall–Kier alpha value is -0.830. The fraction of sp³-hybridized carbons (Fsp3) is 0.462. The van der Waals surface area contributed by atoms with Crippen LogP contribution in [0.4, 0.5) is 5.69 Å². The van der Waals surface area contributed by atoms with Gasteiger partial charge in [0.2, 0.25) is 5.91 Å². The Morgan fingerprint density at radius 3 is 2.81 bits per heavy atom. The second-order valence-electron chi connectivity index (χ2n) is 4.20. The van der Waals surface area contributed by atoms with E-state index in [9.17, 15) is 4.79 Å². The molecule has 0 saturated heterocycles. The maximum absolute atomic E-state index is 11.7. The van der Waals surface area contributed by atoms with Gasteiger partial charge in [-0.25, -0.2) is 0 Å². The van der Waals surface area contributed by atoms with Gasteiger partial charge in [-0.05, 0) is 40.4 Å². The molecule has 0 bridgehead atoms. The predicted molar refractivity (Wildman–Crippen MR) is 71.6 cm³/mol. The number of benzene rings is 1. The van der Waals surface area contributed by atoms with E-state index in [1.807, 2.05) is 25.1 Å². The monoisotopic (exact) mass is 283 g/mol. The van der Waals surface area contributed by atoms with Crippen LogP contribution in [-0.2, 0) is 4.79 Å². The topological polar surface area (TPSA) is 29.1 Å². The molecule has 0 radical (unpaired) electrons. The number of carbonyl (C=O) groups is 1. The molecule has 1 aromatic carbocycles. The van der Waals surface area contributed by atoms with Gasteiger partial charge in [0.1, 0.15) is 0 Å². The van der Waals surface area contributed by atoms with Crippen LogP contribution in [-0.4, -0.2) is 5.91 Å². The molecule has 3 heteroatoms. The molecule has 16 heavy (non-hydrogen) atoms. The number of nitrogens with one attached hydrogen (secondary N) is 1. The molecule has 0 aliphatic rings. The smallest absolute Gasteiger partial charge is 0.224 e. The van der Waals surface area contributed by atoms with Gasteiger partial charge in [-0.15, -0.1) is 0 Å². The molecule has 1 aromatic rings. The highest BCUT2D eigenvalue weighted by atomic mass is 79.9. The Balaban J connectivity index is 2.66. The first kappa shape index (κ1) is 13.2. The highest BCUT2D eigenvalue weighted by Crippen LogP contribution is 2.26. The van der Waals surface area contributed by atoms with Crippen molar-refractivity contribution in [3.8, 4) is 0 Å². The van der Waals surface area contributed by atoms with E-state index in [1.165, 1.54) is 0 Å². The molecule has 0 saturated carbocycles. The van der Waals surface area contributed by atoms with E-state index in [2.05, 4.69) is 35.1 Å². The summed E-state index contributed by atoms with van der Waals surface area (Å²) in [5.74, 6) is 0.518. The predicted octanol–water partition coefficient (Wildman–Crippen LogP) is 4.13. The summed E-state index contributed by atoms with van der Waals surface area (Å²) >= 11 is 3.48. The van der Waals surface area contributed by atoms with Crippen LogP contribution in [0.2, 0.25) is 0 Å². The number of aryl methyl sites for hydroxylation is 1. The number of hydrogen-bond donors (Lipinski definition) is 1. The lowest BCUT2D eigenvalue weighted by molar-refractivity contribution is -0.117. The van der Waals surface area contributed by atoms with E-state index < -0.39 is 0 Å². The van der Waals surface area contributed by atoms with Crippen LogP contribution in [0.25, 0.3) is 0 Å². The quantitative estimate of drug-likeness (QED) is 0.884. The van der Waals surface area contributed by atoms with E-state index >= 15 is 0 Å². The van der Waals surface area contributed by atoms with E-state index in [0.29, 0.717) is 12.3 Å². The molecule has 0 aliphatic heterocycles. The van der Waals surface area contributed by atoms with E-state index in [1.54, 1.807) is 0 Å². The third kappa shape index (κ3) is 3.63. The van der Waals surface area contributed by atoms with Crippen molar-refractivity contribution < 1.29 is 4.79 Å². The molecular formula is C13H18BrNO. The van der Waals surface area contributed by atoms with Crippen LogP contribution in [0.15, 0.2) is 22.7 Å². The van der Waals surface area contributed by atoms with Crippen LogP contribution in [0.5, 0.6) is 0 Å². The molecule has 2 nitrogen and oxygen atoms in total. The minimum Gasteiger partial charge on any atom is -0.325 e. The van der Waals surface area contributed by atoms with E-state index in [0.717, 1.165) is 22.1 Å². The number of hydrogen-bond acceptors (Lipinski definition) is 1. The zero-order valence-electron chi connectivity index (χ0n) is 10.0. The van der Waals surface area contributed by atoms with Crippen molar-refractivity contribution in [3.63, 3.8) is 0 Å². The molecule has 88 valence electrons. The third-order valence-corrected chi connectivity index (χ3v) is 3.75. The van der Waals surface area contributed by atoms with Gasteiger partial charge in [0.25, 0.3) is 0 Å². The normalized spacial score (nSPS) is 12.2. The summed E-state index contributed by atoms with van der Waals surface area (Å²) in [7, 11) is 0. The summed E-state index contributed by atoms with van der Waals surface area (Å²) in [6.45, 7) is 6.19. The summed E-state index contributed by atoms with van der Waals surface area (Å²) in [4.78, 5) is 11.7. The zero-order chi connectivity index (χ0) is 12.1. The highest BCUT2D eigenvalue weighted by Gasteiger charge is 2.09. The summed E-state index contributed by atoms with van der Waals surface area (Å²) in [6.07, 6.45) is 1.61. The lowest BCUT2D eigenvalue weighted by Crippen LogP contribution is -2.15. The molecule has 0 heterocycles. The standard InChI is InChI=1S/C13H18BrNO/c1-4-9(2)8-12(16)15-11-7-5-6-10(3)13(11)14/h5-7,9H,4,8H2,1-3H3,(H,15,16). The van der Waals surface area contributed by atoms with Crippen molar-refractivity contribution in [2.24, 2.45) is 5.92 Å². The lowest BCUT2D eigenvalue weighted by atomic mass is 10.0. The summed E-state index contributed by atoms with van der Waals surface area (Å²) in [5.41, 5.74) is 1.98. The van der Waals surface area contributed by atoms with Gasteiger partial charge in [0.05, 0.1) is 5.69 Å². The Kier molecular flexibility index (Phi) is 5.00. The van der Waals surface area contributed by atoms with Crippen LogP contribution >= 0.6 is 15.9 Å². The number of amides is 1. The van der Waals surface area contributed by atoms with Crippen molar-refractivity contribution in [2.45, 2.75) is 33.6 Å². The first-order chi connectivity index (χ1) is 7.54. The van der Waals surface area contributed by atoms with Gasteiger partial charge in [0.15, 0.2) is 0 Å². The highest BCUT2D eigenvalue weighted by molar-refractivity contribution is 9.10. The summed E-state index contributed by atoms with van der Waals surface area (Å²) in [6, 6.07) is 5.86. The molecule has 1 rings (SSSR count). The number of anilines is 1. The largest absolute Gasteiger partial charge is 0.325 e. The maximum Gasteiger partial charge on any atom is 0.224 e. The van der Waals surface area contributed by atoms with Crippen molar-refractivity contribution >= 4 is 27.5 Å². The number of rotatable bonds is 4. The van der Waals surface area contributed by atoms with Crippen molar-refractivity contribution in [1.29, 1.82) is 0 Å². The molecule has 1 amide bonds. The van der Waals surface area contributed by atoms with E-state index in [4.69, 9.17) is 0 Å². The molecule has 0 aromatic heterocycles. The summed E-state index contributed by atoms with van der Waals surface area (Å²) in [5, 5.41) is 2.93. The minimum absolute atomic E-state index is 0.0839. The van der Waals surface area contributed by atoms with Crippen LogP contribution in [0.3, 0.4) is 0 Å². The maximum atomic E-state index is 11.7. The van der Waals surface area contributed by atoms with Gasteiger partial charge >= 0.3 is 0 Å². The third-order valence-electron chi connectivity index (χ3n) is 2.70. The van der Waals surface area contributed by atoms with E-state index in [-0.39, 0.29) is 5.91 Å². The second-order valence-corrected chi connectivity index (χ2v) is 5.00. The first-order valence-electron chi connectivity index (χ1n) is 5.59. The lowest BCUT2D eigenvalue weighted by Gasteiger charge is -2.11. The molecule has 0 fully saturated rings. The molecule has 1 atom stereocenters. The number of carbonyl (C=O) groups excluding carboxylic acids is 1. The molecule has 1 unspecified atom stereocenters. The SMILES string of the molecule is CCC(C)CC(=O)Nc1cccc(C)c1Br. The average Bonchev–Trinajstić information content (AvgIpc) is 2.24. The molecular weight excluding hydrogens is 266 g/mol. The van der Waals surface area contributed by atoms with Crippen LogP contribution < -0.4 is 5.32 Å². The first-order valence-corrected chi connectivity index (χ1v) is 6.38. The van der Waals surface area contributed by atoms with Gasteiger partial charge in [0, 0.05) is 10.9 Å². The van der Waals surface area contributed by atoms with Crippen LogP contribution in [0, 0.1) is 12.8 Å². The van der Waals surface area contributed by atoms with Crippen molar-refractivity contribution in [3.05, 3.63) is 28.2 Å². The summed E-state index contributed by atoms with van der Waals surface area (Å²) < 4.78 is 0.965. The second kappa shape index (κ2) is 6.04. The fourth-order valence-electron chi connectivity index (χ4n) is 1.41. The van der Waals surface area contributed by atoms with Crippen LogP contribution in [0.1, 0.15) is 32.3 Å². The van der Waals surface area contributed by atoms with Gasteiger partial charge in [-0.3, -0.25) is 4.79 Å². The molecule has 0 aliphatic carbocycles. The Morgan fingerprint density at radius 1 is 1.50 bits per heavy atom. The van der Waals surface area contributed by atoms with Gasteiger partial charge in [-0.1, -0.05) is 32.4 Å². The van der Waals surface area contributed by atoms with Gasteiger partial charge < -0.3 is 5.32 Å². The van der Waals surface area contributed by atoms with Gasteiger partial charge in [-0.2, -0.15) is 0 Å². The van der Waals surface area contributed by atoms with Crippen molar-refractivity contribution in [1.82, 2.24) is 0 Å². The minimum atomic E-state index is 0.0839. The van der Waals surface area contributed by atoms with Crippen molar-refractivity contribution in [2.75, 3.05) is 5.32 Å². The Labute approximate surface area is 106 Å². The zero-order valence-corrected chi connectivity index (χ0v) is 11.6. The number of halogens is 1. The Bertz CT molecular complexity index is 376. The average molecular weight is 284 g/mol. The molecule has 0 spiro atoms. The Morgan fingerprint density at radius 2 is 2.19 bits per heavy atom. The fourth-order valence-corrected chi connectivity index (χ4v) is 1.77.